The van der Waals surface area contributed by atoms with Crippen LogP contribution in [-0.2, 0) is 10.1 Å². The first-order valence-corrected chi connectivity index (χ1v) is 6.51. The van der Waals surface area contributed by atoms with Gasteiger partial charge in [0.15, 0.2) is 0 Å². The number of rotatable bonds is 7. The predicted octanol–water partition coefficient (Wildman–Crippen LogP) is 0.424. The van der Waals surface area contributed by atoms with Crippen molar-refractivity contribution in [3.05, 3.63) is 0 Å². The second-order valence-corrected chi connectivity index (χ2v) is 6.10. The highest BCUT2D eigenvalue weighted by molar-refractivity contribution is 7.85. The fraction of sp³-hybridized carbons (Fsp3) is 1.00. The quantitative estimate of drug-likeness (QED) is 0.561. The van der Waals surface area contributed by atoms with E-state index in [0.29, 0.717) is 12.8 Å². The Morgan fingerprint density at radius 2 is 1.87 bits per heavy atom. The lowest BCUT2D eigenvalue weighted by molar-refractivity contribution is 0.119. The van der Waals surface area contributed by atoms with Crippen LogP contribution in [0.1, 0.15) is 33.1 Å². The molecule has 0 rings (SSSR count). The van der Waals surface area contributed by atoms with Gasteiger partial charge in [0.1, 0.15) is 5.75 Å². The lowest BCUT2D eigenvalue weighted by atomic mass is 9.83. The summed E-state index contributed by atoms with van der Waals surface area (Å²) in [7, 11) is -4.12. The van der Waals surface area contributed by atoms with Crippen LogP contribution >= 0.6 is 0 Å². The Morgan fingerprint density at radius 1 is 1.33 bits per heavy atom. The zero-order valence-electron chi connectivity index (χ0n) is 9.18. The lowest BCUT2D eigenvalue weighted by Gasteiger charge is -2.26. The molecule has 0 saturated heterocycles. The Labute approximate surface area is 90.9 Å². The molecule has 15 heavy (non-hydrogen) atoms. The summed E-state index contributed by atoms with van der Waals surface area (Å²) >= 11 is 0. The molecule has 0 aromatic heterocycles. The summed E-state index contributed by atoms with van der Waals surface area (Å²) in [5.41, 5.74) is -0.243. The van der Waals surface area contributed by atoms with Crippen LogP contribution in [0, 0.1) is 5.41 Å². The maximum absolute atomic E-state index is 10.5. The number of hydrogen-bond donors (Lipinski definition) is 3. The fourth-order valence-electron chi connectivity index (χ4n) is 1.60. The standard InChI is InChI=1S/C9H20O5S/c1-9(2,4-3-5-10)6-8(11)7-15(12,13)14/h8,10-11H,3-7H2,1-2H3,(H,12,13,14). The van der Waals surface area contributed by atoms with Gasteiger partial charge in [-0.15, -0.1) is 0 Å². The highest BCUT2D eigenvalue weighted by Crippen LogP contribution is 2.28. The highest BCUT2D eigenvalue weighted by Gasteiger charge is 2.24. The SMILES string of the molecule is CC(C)(CCCO)CC(O)CS(=O)(=O)O. The smallest absolute Gasteiger partial charge is 0.267 e. The van der Waals surface area contributed by atoms with Crippen molar-refractivity contribution in [2.45, 2.75) is 39.2 Å². The van der Waals surface area contributed by atoms with Crippen molar-refractivity contribution in [1.29, 1.82) is 0 Å². The van der Waals surface area contributed by atoms with Crippen molar-refractivity contribution in [1.82, 2.24) is 0 Å². The first kappa shape index (κ1) is 14.8. The van der Waals surface area contributed by atoms with E-state index in [2.05, 4.69) is 0 Å². The van der Waals surface area contributed by atoms with Gasteiger partial charge in [-0.25, -0.2) is 0 Å². The van der Waals surface area contributed by atoms with E-state index in [0.717, 1.165) is 0 Å². The van der Waals surface area contributed by atoms with Gasteiger partial charge in [-0.1, -0.05) is 13.8 Å². The second kappa shape index (κ2) is 5.79. The van der Waals surface area contributed by atoms with Gasteiger partial charge in [-0.05, 0) is 24.7 Å². The van der Waals surface area contributed by atoms with Gasteiger partial charge in [0.05, 0.1) is 6.10 Å². The molecule has 0 heterocycles. The van der Waals surface area contributed by atoms with Crippen LogP contribution in [0.15, 0.2) is 0 Å². The average Bonchev–Trinajstić information content (AvgIpc) is 1.95. The van der Waals surface area contributed by atoms with Crippen molar-refractivity contribution < 1.29 is 23.2 Å². The van der Waals surface area contributed by atoms with Gasteiger partial charge >= 0.3 is 0 Å². The van der Waals surface area contributed by atoms with Gasteiger partial charge in [0, 0.05) is 6.61 Å². The minimum absolute atomic E-state index is 0.0812. The van der Waals surface area contributed by atoms with Crippen LogP contribution in [-0.4, -0.2) is 41.6 Å². The van der Waals surface area contributed by atoms with Crippen LogP contribution in [0.4, 0.5) is 0 Å². The minimum Gasteiger partial charge on any atom is -0.396 e. The van der Waals surface area contributed by atoms with Crippen molar-refractivity contribution in [3.8, 4) is 0 Å². The van der Waals surface area contributed by atoms with Crippen LogP contribution in [0.3, 0.4) is 0 Å². The molecule has 0 aliphatic rings. The van der Waals surface area contributed by atoms with Gasteiger partial charge in [-0.2, -0.15) is 8.42 Å². The molecule has 0 spiro atoms. The maximum atomic E-state index is 10.5. The second-order valence-electron chi connectivity index (χ2n) is 4.60. The van der Waals surface area contributed by atoms with Crippen molar-refractivity contribution in [3.63, 3.8) is 0 Å². The molecule has 0 radical (unpaired) electrons. The normalized spacial score (nSPS) is 15.3. The first-order chi connectivity index (χ1) is 6.66. The summed E-state index contributed by atoms with van der Waals surface area (Å²) in [5.74, 6) is -0.629. The molecule has 0 amide bonds. The van der Waals surface area contributed by atoms with Crippen LogP contribution in [0.5, 0.6) is 0 Å². The van der Waals surface area contributed by atoms with Gasteiger partial charge in [-0.3, -0.25) is 4.55 Å². The van der Waals surface area contributed by atoms with E-state index in [1.807, 2.05) is 13.8 Å². The average molecular weight is 240 g/mol. The molecule has 0 aliphatic heterocycles. The fourth-order valence-corrected chi connectivity index (χ4v) is 2.20. The zero-order valence-corrected chi connectivity index (χ0v) is 10.00. The largest absolute Gasteiger partial charge is 0.396 e. The molecule has 0 saturated carbocycles. The third kappa shape index (κ3) is 8.80. The Balaban J connectivity index is 4.09. The Hall–Kier alpha value is -0.170. The van der Waals surface area contributed by atoms with E-state index < -0.39 is 22.0 Å². The predicted molar refractivity (Wildman–Crippen MR) is 57.1 cm³/mol. The molecule has 0 bridgehead atoms. The molecule has 1 unspecified atom stereocenters. The number of aliphatic hydroxyl groups is 2. The van der Waals surface area contributed by atoms with E-state index in [9.17, 15) is 13.5 Å². The summed E-state index contributed by atoms with van der Waals surface area (Å²) in [5, 5.41) is 18.1. The van der Waals surface area contributed by atoms with E-state index in [4.69, 9.17) is 9.66 Å². The van der Waals surface area contributed by atoms with E-state index >= 15 is 0 Å². The molecular weight excluding hydrogens is 220 g/mol. The first-order valence-electron chi connectivity index (χ1n) is 4.90. The number of aliphatic hydroxyl groups excluding tert-OH is 2. The summed E-state index contributed by atoms with van der Waals surface area (Å²) in [4.78, 5) is 0. The van der Waals surface area contributed by atoms with Crippen LogP contribution in [0.25, 0.3) is 0 Å². The molecule has 0 aromatic carbocycles. The van der Waals surface area contributed by atoms with E-state index in [1.165, 1.54) is 0 Å². The Morgan fingerprint density at radius 3 is 2.27 bits per heavy atom. The maximum Gasteiger partial charge on any atom is 0.267 e. The van der Waals surface area contributed by atoms with E-state index in [-0.39, 0.29) is 18.4 Å². The van der Waals surface area contributed by atoms with Gasteiger partial charge in [0.25, 0.3) is 10.1 Å². The molecule has 5 nitrogen and oxygen atoms in total. The molecule has 6 heteroatoms. The third-order valence-corrected chi connectivity index (χ3v) is 3.01. The molecule has 3 N–H and O–H groups in total. The van der Waals surface area contributed by atoms with Crippen molar-refractivity contribution >= 4 is 10.1 Å². The minimum atomic E-state index is -4.12. The lowest BCUT2D eigenvalue weighted by Crippen LogP contribution is -2.27. The van der Waals surface area contributed by atoms with Crippen molar-refractivity contribution in [2.75, 3.05) is 12.4 Å². The summed E-state index contributed by atoms with van der Waals surface area (Å²) < 4.78 is 29.5. The van der Waals surface area contributed by atoms with Crippen molar-refractivity contribution in [2.24, 2.45) is 5.41 Å². The molecular formula is C9H20O5S. The van der Waals surface area contributed by atoms with E-state index in [1.54, 1.807) is 0 Å². The molecule has 0 aromatic rings. The van der Waals surface area contributed by atoms with Gasteiger partial charge < -0.3 is 10.2 Å². The van der Waals surface area contributed by atoms with Crippen LogP contribution < -0.4 is 0 Å². The number of hydrogen-bond acceptors (Lipinski definition) is 4. The monoisotopic (exact) mass is 240 g/mol. The summed E-state index contributed by atoms with van der Waals surface area (Å²) in [6, 6.07) is 0. The van der Waals surface area contributed by atoms with Gasteiger partial charge in [0.2, 0.25) is 0 Å². The Kier molecular flexibility index (Phi) is 5.72. The summed E-state index contributed by atoms with van der Waals surface area (Å²) in [6.45, 7) is 3.85. The zero-order chi connectivity index (χ0) is 12.1. The molecule has 0 fully saturated rings. The molecule has 0 aliphatic carbocycles. The summed E-state index contributed by atoms with van der Waals surface area (Å²) in [6.07, 6.45) is 0.540. The topological polar surface area (TPSA) is 94.8 Å². The molecule has 1 atom stereocenters. The Bertz CT molecular complexity index is 270. The molecule has 92 valence electrons. The van der Waals surface area contributed by atoms with Crippen LogP contribution in [0.2, 0.25) is 0 Å². The third-order valence-electron chi connectivity index (χ3n) is 2.20. The highest BCUT2D eigenvalue weighted by atomic mass is 32.2.